The average molecular weight is 315 g/mol. The van der Waals surface area contributed by atoms with Crippen molar-refractivity contribution in [2.45, 2.75) is 26.2 Å². The number of isothiocyanates is 1. The zero-order valence-electron chi connectivity index (χ0n) is 13.1. The number of hydrogen-bond acceptors (Lipinski definition) is 2. The maximum Gasteiger partial charge on any atom is 0.0740 e. The Morgan fingerprint density at radius 3 is 2.52 bits per heavy atom. The average Bonchev–Trinajstić information content (AvgIpc) is 2.96. The van der Waals surface area contributed by atoms with Gasteiger partial charge in [-0.1, -0.05) is 42.9 Å². The minimum atomic E-state index is 0.803. The van der Waals surface area contributed by atoms with Crippen molar-refractivity contribution < 1.29 is 0 Å². The van der Waals surface area contributed by atoms with Crippen LogP contribution in [0.1, 0.15) is 42.0 Å². The van der Waals surface area contributed by atoms with Gasteiger partial charge >= 0.3 is 0 Å². The fourth-order valence-electron chi connectivity index (χ4n) is 2.79. The van der Waals surface area contributed by atoms with Crippen LogP contribution in [-0.4, -0.2) is 5.16 Å². The highest BCUT2D eigenvalue weighted by molar-refractivity contribution is 7.78. The molecule has 1 nitrogen and oxygen atoms in total. The van der Waals surface area contributed by atoms with Crippen LogP contribution in [-0.2, 0) is 6.42 Å². The molecule has 0 radical (unpaired) electrons. The minimum Gasteiger partial charge on any atom is -0.195 e. The first-order chi connectivity index (χ1) is 11.3. The summed E-state index contributed by atoms with van der Waals surface area (Å²) in [5.74, 6) is 6.45. The summed E-state index contributed by atoms with van der Waals surface area (Å²) in [6.07, 6.45) is 5.79. The third kappa shape index (κ3) is 3.85. The van der Waals surface area contributed by atoms with E-state index in [0.29, 0.717) is 0 Å². The molecule has 0 aromatic heterocycles. The van der Waals surface area contributed by atoms with Gasteiger partial charge < -0.3 is 0 Å². The van der Waals surface area contributed by atoms with E-state index >= 15 is 0 Å². The number of nitrogens with zero attached hydrogens (tertiary/aromatic N) is 1. The highest BCUT2D eigenvalue weighted by Gasteiger charge is 2.11. The predicted octanol–water partition coefficient (Wildman–Crippen LogP) is 5.56. The fraction of sp³-hybridized carbons (Fsp3) is 0.190. The lowest BCUT2D eigenvalue weighted by atomic mass is 10.0. The van der Waals surface area contributed by atoms with E-state index in [1.54, 1.807) is 0 Å². The zero-order valence-corrected chi connectivity index (χ0v) is 13.9. The Balaban J connectivity index is 1.76. The summed E-state index contributed by atoms with van der Waals surface area (Å²) in [6.45, 7) is 2.23. The van der Waals surface area contributed by atoms with Gasteiger partial charge in [-0.2, -0.15) is 4.99 Å². The Labute approximate surface area is 142 Å². The molecule has 0 unspecified atom stereocenters. The van der Waals surface area contributed by atoms with Crippen LogP contribution >= 0.6 is 12.2 Å². The molecule has 0 saturated carbocycles. The van der Waals surface area contributed by atoms with E-state index in [-0.39, 0.29) is 0 Å². The topological polar surface area (TPSA) is 12.4 Å². The van der Waals surface area contributed by atoms with Crippen LogP contribution in [0.3, 0.4) is 0 Å². The summed E-state index contributed by atoms with van der Waals surface area (Å²) in [4.78, 5) is 3.94. The minimum absolute atomic E-state index is 0.803. The third-order valence-electron chi connectivity index (χ3n) is 3.88. The van der Waals surface area contributed by atoms with Gasteiger partial charge in [-0.25, -0.2) is 0 Å². The number of hydrogen-bond donors (Lipinski definition) is 0. The lowest BCUT2D eigenvalue weighted by Gasteiger charge is -2.00. The van der Waals surface area contributed by atoms with Crippen molar-refractivity contribution in [3.8, 4) is 11.8 Å². The number of aliphatic imine (C=N–C) groups is 1. The van der Waals surface area contributed by atoms with Crippen LogP contribution in [0.15, 0.2) is 53.0 Å². The largest absolute Gasteiger partial charge is 0.195 e. The molecule has 0 amide bonds. The molecule has 0 bridgehead atoms. The van der Waals surface area contributed by atoms with E-state index in [2.05, 4.69) is 65.4 Å². The second-order valence-corrected chi connectivity index (χ2v) is 5.83. The molecule has 0 saturated heterocycles. The number of fused-ring (bicyclic) bond motifs is 1. The Morgan fingerprint density at radius 2 is 1.78 bits per heavy atom. The summed E-state index contributed by atoms with van der Waals surface area (Å²) in [5.41, 5.74) is 7.11. The molecule has 0 heterocycles. The van der Waals surface area contributed by atoms with Crippen molar-refractivity contribution in [3.63, 3.8) is 0 Å². The Bertz CT molecular complexity index is 857. The Kier molecular flexibility index (Phi) is 4.83. The van der Waals surface area contributed by atoms with Gasteiger partial charge in [-0.05, 0) is 72.6 Å². The second kappa shape index (κ2) is 7.20. The summed E-state index contributed by atoms with van der Waals surface area (Å²) < 4.78 is 0. The van der Waals surface area contributed by atoms with Gasteiger partial charge in [-0.15, -0.1) is 0 Å². The maximum absolute atomic E-state index is 4.60. The standard InChI is InChI=1S/C21H17NS/c1-2-3-18-13-19-9-6-17(12-20(19)14-18)5-4-16-7-10-21(11-8-16)22-15-23/h6-13H,2-3,14H2,1H3. The first kappa shape index (κ1) is 15.4. The number of benzene rings is 2. The highest BCUT2D eigenvalue weighted by Crippen LogP contribution is 2.28. The van der Waals surface area contributed by atoms with E-state index in [9.17, 15) is 0 Å². The van der Waals surface area contributed by atoms with Crippen LogP contribution in [0.2, 0.25) is 0 Å². The van der Waals surface area contributed by atoms with Gasteiger partial charge in [0.25, 0.3) is 0 Å². The molecule has 0 aliphatic heterocycles. The molecular weight excluding hydrogens is 298 g/mol. The molecule has 2 heteroatoms. The molecule has 0 atom stereocenters. The lowest BCUT2D eigenvalue weighted by molar-refractivity contribution is 0.886. The van der Waals surface area contributed by atoms with Gasteiger partial charge in [-0.3, -0.25) is 0 Å². The van der Waals surface area contributed by atoms with Crippen LogP contribution in [0, 0.1) is 11.8 Å². The van der Waals surface area contributed by atoms with E-state index in [1.165, 1.54) is 29.5 Å². The van der Waals surface area contributed by atoms with E-state index < -0.39 is 0 Å². The van der Waals surface area contributed by atoms with Gasteiger partial charge in [0.2, 0.25) is 0 Å². The molecule has 0 fully saturated rings. The quantitative estimate of drug-likeness (QED) is 0.410. The predicted molar refractivity (Wildman–Crippen MR) is 100 cm³/mol. The number of allylic oxidation sites excluding steroid dienone is 1. The molecule has 2 aromatic rings. The highest BCUT2D eigenvalue weighted by atomic mass is 32.1. The van der Waals surface area contributed by atoms with Crippen molar-refractivity contribution in [2.24, 2.45) is 4.99 Å². The maximum atomic E-state index is 4.60. The molecule has 2 aromatic carbocycles. The molecule has 0 spiro atoms. The van der Waals surface area contributed by atoms with Crippen molar-refractivity contribution >= 4 is 29.1 Å². The number of rotatable bonds is 3. The summed E-state index contributed by atoms with van der Waals surface area (Å²) in [6, 6.07) is 14.2. The van der Waals surface area contributed by atoms with Gasteiger partial charge in [0.15, 0.2) is 0 Å². The Morgan fingerprint density at radius 1 is 1.04 bits per heavy atom. The van der Waals surface area contributed by atoms with E-state index in [4.69, 9.17) is 0 Å². The van der Waals surface area contributed by atoms with E-state index in [0.717, 1.165) is 23.2 Å². The molecular formula is C21H17NS. The molecule has 112 valence electrons. The van der Waals surface area contributed by atoms with Crippen molar-refractivity contribution in [1.82, 2.24) is 0 Å². The SMILES string of the molecule is CCCC1=Cc2ccc(C#Cc3ccc(N=C=S)cc3)cc2C1. The summed E-state index contributed by atoms with van der Waals surface area (Å²) >= 11 is 4.60. The molecule has 1 aliphatic carbocycles. The summed E-state index contributed by atoms with van der Waals surface area (Å²) in [5, 5.41) is 2.37. The zero-order chi connectivity index (χ0) is 16.1. The molecule has 23 heavy (non-hydrogen) atoms. The van der Waals surface area contributed by atoms with Crippen molar-refractivity contribution in [1.29, 1.82) is 0 Å². The van der Waals surface area contributed by atoms with Crippen molar-refractivity contribution in [3.05, 3.63) is 70.3 Å². The van der Waals surface area contributed by atoms with Crippen molar-refractivity contribution in [2.75, 3.05) is 0 Å². The van der Waals surface area contributed by atoms with Gasteiger partial charge in [0, 0.05) is 11.1 Å². The first-order valence-electron chi connectivity index (χ1n) is 7.81. The smallest absolute Gasteiger partial charge is 0.0740 e. The Hall–Kier alpha value is -2.46. The van der Waals surface area contributed by atoms with E-state index in [1.807, 2.05) is 24.3 Å². The summed E-state index contributed by atoms with van der Waals surface area (Å²) in [7, 11) is 0. The third-order valence-corrected chi connectivity index (χ3v) is 3.98. The van der Waals surface area contributed by atoms with Crippen LogP contribution in [0.25, 0.3) is 6.08 Å². The molecule has 3 rings (SSSR count). The number of thiocarbonyl (C=S) groups is 1. The monoisotopic (exact) mass is 315 g/mol. The van der Waals surface area contributed by atoms with Crippen LogP contribution in [0.4, 0.5) is 5.69 Å². The van der Waals surface area contributed by atoms with Gasteiger partial charge in [0.05, 0.1) is 10.8 Å². The molecule has 0 N–H and O–H groups in total. The fourth-order valence-corrected chi connectivity index (χ4v) is 2.90. The van der Waals surface area contributed by atoms with Crippen LogP contribution in [0.5, 0.6) is 0 Å². The lowest BCUT2D eigenvalue weighted by Crippen LogP contribution is -1.86. The molecule has 1 aliphatic rings. The van der Waals surface area contributed by atoms with Gasteiger partial charge in [0.1, 0.15) is 0 Å². The normalized spacial score (nSPS) is 11.8. The van der Waals surface area contributed by atoms with Crippen LogP contribution < -0.4 is 0 Å². The first-order valence-corrected chi connectivity index (χ1v) is 8.21. The second-order valence-electron chi connectivity index (χ2n) is 5.64.